The first-order chi connectivity index (χ1) is 24.6. The van der Waals surface area contributed by atoms with Gasteiger partial charge in [0.25, 0.3) is 0 Å². The molecule has 1 spiro atoms. The lowest BCUT2D eigenvalue weighted by Gasteiger charge is -2.40. The number of hydrogen-bond acceptors (Lipinski definition) is 9. The number of rotatable bonds is 10. The molecule has 3 aromatic rings. The molecule has 0 radical (unpaired) electrons. The number of nitrogens with one attached hydrogen (secondary N) is 3. The van der Waals surface area contributed by atoms with Crippen LogP contribution in [0.15, 0.2) is 65.8 Å². The number of pyridine rings is 1. The number of amidine groups is 1. The van der Waals surface area contributed by atoms with E-state index < -0.39 is 5.41 Å². The maximum absolute atomic E-state index is 14.1. The number of benzene rings is 2. The summed E-state index contributed by atoms with van der Waals surface area (Å²) in [5, 5.41) is 19.8. The average molecular weight is 693 g/mol. The van der Waals surface area contributed by atoms with Gasteiger partial charge < -0.3 is 30.5 Å². The first kappa shape index (κ1) is 35.5. The molecule has 3 fully saturated rings. The highest BCUT2D eigenvalue weighted by atomic mass is 16.5. The van der Waals surface area contributed by atoms with Crippen LogP contribution in [-0.2, 0) is 9.59 Å². The Morgan fingerprint density at radius 1 is 1.00 bits per heavy atom. The van der Waals surface area contributed by atoms with Crippen molar-refractivity contribution in [2.24, 2.45) is 10.4 Å². The molecular weight excluding hydrogens is 644 g/mol. The number of carbonyl (C=O) groups is 2. The number of aliphatic imine (C=N–C) groups is 1. The van der Waals surface area contributed by atoms with Gasteiger partial charge in [-0.15, -0.1) is 0 Å². The molecule has 5 N–H and O–H groups in total. The molecule has 0 aliphatic carbocycles. The molecule has 0 unspecified atom stereocenters. The normalized spacial score (nSPS) is 19.7. The largest absolute Gasteiger partial charge is 0.475 e. The average Bonchev–Trinajstić information content (AvgIpc) is 3.44. The van der Waals surface area contributed by atoms with E-state index in [2.05, 4.69) is 25.1 Å². The van der Waals surface area contributed by atoms with Gasteiger partial charge >= 0.3 is 0 Å². The van der Waals surface area contributed by atoms with E-state index in [0.717, 1.165) is 49.4 Å². The summed E-state index contributed by atoms with van der Waals surface area (Å²) in [6.07, 6.45) is 5.46. The number of aromatic nitrogens is 1. The second-order valence-electron chi connectivity index (χ2n) is 13.8. The Kier molecular flexibility index (Phi) is 10.7. The van der Waals surface area contributed by atoms with Crippen LogP contribution in [0, 0.1) is 16.2 Å². The lowest BCUT2D eigenvalue weighted by molar-refractivity contribution is -0.136. The molecule has 3 saturated heterocycles. The fraction of sp³-hybridized carbons (Fsp3) is 0.421. The predicted octanol–water partition coefficient (Wildman–Crippen LogP) is 3.61. The van der Waals surface area contributed by atoms with Gasteiger partial charge in [-0.05, 0) is 88.2 Å². The summed E-state index contributed by atoms with van der Waals surface area (Å²) in [5.41, 5.74) is 10.2. The Labute approximate surface area is 299 Å². The monoisotopic (exact) mass is 692 g/mol. The van der Waals surface area contributed by atoms with Gasteiger partial charge in [0.1, 0.15) is 0 Å². The van der Waals surface area contributed by atoms with Crippen LogP contribution in [-0.4, -0.2) is 110 Å². The molecule has 1 aromatic heterocycles. The first-order valence-corrected chi connectivity index (χ1v) is 17.6. The van der Waals surface area contributed by atoms with Crippen LogP contribution < -0.4 is 25.6 Å². The Balaban J connectivity index is 1.04. The van der Waals surface area contributed by atoms with Crippen molar-refractivity contribution in [2.75, 3.05) is 74.9 Å². The fourth-order valence-electron chi connectivity index (χ4n) is 7.27. The van der Waals surface area contributed by atoms with Crippen molar-refractivity contribution in [1.82, 2.24) is 20.1 Å². The molecule has 51 heavy (non-hydrogen) atoms. The van der Waals surface area contributed by atoms with E-state index >= 15 is 0 Å². The second-order valence-corrected chi connectivity index (χ2v) is 13.8. The van der Waals surface area contributed by atoms with Crippen LogP contribution in [0.4, 0.5) is 17.1 Å². The summed E-state index contributed by atoms with van der Waals surface area (Å²) in [4.78, 5) is 44.2. The van der Waals surface area contributed by atoms with Crippen molar-refractivity contribution in [3.8, 4) is 5.88 Å². The highest BCUT2D eigenvalue weighted by Gasteiger charge is 2.49. The molecule has 268 valence electrons. The lowest BCUT2D eigenvalue weighted by Crippen LogP contribution is -2.54. The maximum atomic E-state index is 14.1. The molecule has 1 atom stereocenters. The number of piperidine rings is 1. The van der Waals surface area contributed by atoms with E-state index in [1.807, 2.05) is 60.0 Å². The molecule has 4 heterocycles. The minimum Gasteiger partial charge on any atom is -0.475 e. The zero-order valence-electron chi connectivity index (χ0n) is 29.7. The Bertz CT molecular complexity index is 1780. The van der Waals surface area contributed by atoms with Crippen molar-refractivity contribution < 1.29 is 14.3 Å². The van der Waals surface area contributed by atoms with E-state index in [9.17, 15) is 9.59 Å². The summed E-state index contributed by atoms with van der Waals surface area (Å²) >= 11 is 0. The summed E-state index contributed by atoms with van der Waals surface area (Å²) in [5.74, 6) is 0.861. The smallest absolute Gasteiger partial charge is 0.236 e. The van der Waals surface area contributed by atoms with Crippen LogP contribution in [0.5, 0.6) is 5.88 Å². The molecule has 3 aliphatic rings. The highest BCUT2D eigenvalue weighted by Crippen LogP contribution is 2.42. The van der Waals surface area contributed by atoms with Gasteiger partial charge in [0.15, 0.2) is 5.84 Å². The number of carbonyl (C=O) groups excluding carboxylic acids is 2. The number of amides is 2. The minimum absolute atomic E-state index is 0.00148. The Morgan fingerprint density at radius 3 is 2.41 bits per heavy atom. The number of likely N-dealkylation sites (tertiary alicyclic amines) is 1. The molecule has 0 saturated carbocycles. The zero-order valence-corrected chi connectivity index (χ0v) is 29.7. The van der Waals surface area contributed by atoms with Gasteiger partial charge in [0, 0.05) is 92.3 Å². The molecule has 2 amide bonds. The van der Waals surface area contributed by atoms with Crippen molar-refractivity contribution in [1.29, 1.82) is 10.8 Å². The SMILES string of the molecule is CN/C=N\C(=N)c1ccc(N2CCN(C(=O)CN3CCC[C@]4(CCN(c5ccc(N)c(C(=N)c6ccc(OC(C)C)nc6)c5)C4=O)C3)CC2)cc1. The number of anilines is 3. The van der Waals surface area contributed by atoms with E-state index in [0.29, 0.717) is 61.8 Å². The van der Waals surface area contributed by atoms with Crippen LogP contribution in [0.2, 0.25) is 0 Å². The van der Waals surface area contributed by atoms with Crippen molar-refractivity contribution in [2.45, 2.75) is 39.2 Å². The quantitative estimate of drug-likeness (QED) is 0.142. The number of nitrogens with two attached hydrogens (primary N) is 1. The molecule has 3 aliphatic heterocycles. The van der Waals surface area contributed by atoms with E-state index in [-0.39, 0.29) is 29.5 Å². The summed E-state index contributed by atoms with van der Waals surface area (Å²) in [6, 6.07) is 16.8. The first-order valence-electron chi connectivity index (χ1n) is 17.6. The van der Waals surface area contributed by atoms with Gasteiger partial charge in [-0.3, -0.25) is 25.3 Å². The topological polar surface area (TPSA) is 167 Å². The Morgan fingerprint density at radius 2 is 1.73 bits per heavy atom. The number of nitrogen functional groups attached to an aromatic ring is 1. The third kappa shape index (κ3) is 7.88. The molecule has 13 heteroatoms. The summed E-state index contributed by atoms with van der Waals surface area (Å²) in [7, 11) is 1.75. The zero-order chi connectivity index (χ0) is 36.1. The number of ether oxygens (including phenoxy) is 1. The van der Waals surface area contributed by atoms with Gasteiger partial charge in [-0.25, -0.2) is 9.98 Å². The molecule has 2 aromatic carbocycles. The fourth-order valence-corrected chi connectivity index (χ4v) is 7.27. The number of piperazine rings is 1. The Hall–Kier alpha value is -5.30. The second kappa shape index (κ2) is 15.3. The van der Waals surface area contributed by atoms with Crippen molar-refractivity contribution in [3.05, 3.63) is 77.5 Å². The van der Waals surface area contributed by atoms with E-state index in [4.69, 9.17) is 21.3 Å². The molecule has 0 bridgehead atoms. The van der Waals surface area contributed by atoms with Crippen LogP contribution in [0.1, 0.15) is 49.8 Å². The van der Waals surface area contributed by atoms with Crippen molar-refractivity contribution >= 4 is 46.8 Å². The molecular formula is C38H48N10O3. The lowest BCUT2D eigenvalue weighted by atomic mass is 9.78. The maximum Gasteiger partial charge on any atom is 0.236 e. The van der Waals surface area contributed by atoms with Gasteiger partial charge in [0.2, 0.25) is 17.7 Å². The van der Waals surface area contributed by atoms with Crippen molar-refractivity contribution in [3.63, 3.8) is 0 Å². The van der Waals surface area contributed by atoms with Gasteiger partial charge in [-0.2, -0.15) is 0 Å². The van der Waals surface area contributed by atoms with E-state index in [1.165, 1.54) is 6.34 Å². The van der Waals surface area contributed by atoms with Gasteiger partial charge in [-0.1, -0.05) is 0 Å². The summed E-state index contributed by atoms with van der Waals surface area (Å²) < 4.78 is 5.64. The molecule has 6 rings (SSSR count). The standard InChI is InChI=1S/C38H48N10O3/c1-26(2)51-33-12-7-28(22-43-33)35(40)31-21-30(10-11-32(31)39)48-16-14-38(37(48)50)13-4-15-45(24-38)23-34(49)47-19-17-46(18-20-47)29-8-5-27(6-9-29)36(41)44-25-42-3/h5-12,21-22,25-26,40H,4,13-20,23-24,39H2,1-3H3,(H2,41,42,44)/t38-/m0/s1. The number of hydrogen-bond donors (Lipinski definition) is 4. The third-order valence-electron chi connectivity index (χ3n) is 9.99. The van der Waals surface area contributed by atoms with Gasteiger partial charge in [0.05, 0.1) is 30.1 Å². The minimum atomic E-state index is -0.538. The number of nitrogens with zero attached hydrogens (tertiary/aromatic N) is 6. The predicted molar refractivity (Wildman–Crippen MR) is 201 cm³/mol. The van der Waals surface area contributed by atoms with Crippen LogP contribution >= 0.6 is 0 Å². The molecule has 13 nitrogen and oxygen atoms in total. The highest BCUT2D eigenvalue weighted by molar-refractivity contribution is 6.14. The van der Waals surface area contributed by atoms with Crippen LogP contribution in [0.25, 0.3) is 0 Å². The van der Waals surface area contributed by atoms with Crippen LogP contribution in [0.3, 0.4) is 0 Å². The third-order valence-corrected chi connectivity index (χ3v) is 9.99. The summed E-state index contributed by atoms with van der Waals surface area (Å²) in [6.45, 7) is 8.82. The van der Waals surface area contributed by atoms with E-state index in [1.54, 1.807) is 31.4 Å².